The van der Waals surface area contributed by atoms with Gasteiger partial charge >= 0.3 is 6.18 Å². The molecule has 1 aromatic rings. The number of nitrogens with zero attached hydrogens (tertiary/aromatic N) is 2. The van der Waals surface area contributed by atoms with E-state index in [-0.39, 0.29) is 17.9 Å². The minimum atomic E-state index is -4.60. The van der Waals surface area contributed by atoms with Crippen LogP contribution in [0, 0.1) is 10.1 Å². The van der Waals surface area contributed by atoms with E-state index in [2.05, 4.69) is 0 Å². The molecule has 0 aliphatic carbocycles. The van der Waals surface area contributed by atoms with Gasteiger partial charge in [-0.1, -0.05) is 0 Å². The van der Waals surface area contributed by atoms with E-state index in [0.29, 0.717) is 19.2 Å². The Bertz CT molecular complexity index is 538. The predicted octanol–water partition coefficient (Wildman–Crippen LogP) is 3.23. The van der Waals surface area contributed by atoms with Crippen molar-refractivity contribution in [3.63, 3.8) is 0 Å². The topological polar surface area (TPSA) is 55.6 Å². The summed E-state index contributed by atoms with van der Waals surface area (Å²) in [5.74, 6) is 0. The summed E-state index contributed by atoms with van der Waals surface area (Å²) in [4.78, 5) is 12.0. The first-order valence-electron chi connectivity index (χ1n) is 6.44. The predicted molar refractivity (Wildman–Crippen MR) is 70.3 cm³/mol. The molecule has 21 heavy (non-hydrogen) atoms. The molecular weight excluding hydrogens is 289 g/mol. The summed E-state index contributed by atoms with van der Waals surface area (Å²) in [5, 5.41) is 11.1. The molecule has 0 radical (unpaired) electrons. The molecule has 1 aliphatic rings. The number of ether oxygens (including phenoxy) is 1. The van der Waals surface area contributed by atoms with Crippen LogP contribution >= 0.6 is 0 Å². The molecule has 5 nitrogen and oxygen atoms in total. The Balaban J connectivity index is 2.41. The fourth-order valence-electron chi connectivity index (χ4n) is 2.49. The van der Waals surface area contributed by atoms with Gasteiger partial charge in [-0.3, -0.25) is 10.1 Å². The summed E-state index contributed by atoms with van der Waals surface area (Å²) in [6.07, 6.45) is -4.89. The molecule has 0 unspecified atom stereocenters. The zero-order valence-electron chi connectivity index (χ0n) is 11.6. The highest BCUT2D eigenvalue weighted by Gasteiger charge is 2.34. The maximum absolute atomic E-state index is 12.7. The van der Waals surface area contributed by atoms with Crippen molar-refractivity contribution < 1.29 is 22.8 Å². The van der Waals surface area contributed by atoms with Gasteiger partial charge in [0, 0.05) is 19.2 Å². The number of rotatable bonds is 2. The number of morpholine rings is 1. The van der Waals surface area contributed by atoms with Gasteiger partial charge in [0.25, 0.3) is 5.69 Å². The van der Waals surface area contributed by atoms with Crippen molar-refractivity contribution in [1.29, 1.82) is 0 Å². The van der Waals surface area contributed by atoms with Crippen molar-refractivity contribution in [3.05, 3.63) is 33.9 Å². The quantitative estimate of drug-likeness (QED) is 0.622. The fourth-order valence-corrected chi connectivity index (χ4v) is 2.49. The standard InChI is InChI=1S/C13H15F3N2O3/c1-8-6-17(7-9(2)21-8)11-4-3-10(13(14,15)16)5-12(11)18(19)20/h3-5,8-9H,6-7H2,1-2H3/t8-,9+. The van der Waals surface area contributed by atoms with Crippen molar-refractivity contribution in [2.45, 2.75) is 32.2 Å². The largest absolute Gasteiger partial charge is 0.416 e. The van der Waals surface area contributed by atoms with Crippen LogP contribution in [0.25, 0.3) is 0 Å². The zero-order chi connectivity index (χ0) is 15.8. The summed E-state index contributed by atoms with van der Waals surface area (Å²) in [7, 11) is 0. The van der Waals surface area contributed by atoms with Gasteiger partial charge in [-0.25, -0.2) is 0 Å². The van der Waals surface area contributed by atoms with Gasteiger partial charge in [0.2, 0.25) is 0 Å². The van der Waals surface area contributed by atoms with Crippen molar-refractivity contribution >= 4 is 11.4 Å². The van der Waals surface area contributed by atoms with Gasteiger partial charge in [-0.2, -0.15) is 13.2 Å². The first kappa shape index (κ1) is 15.6. The fraction of sp³-hybridized carbons (Fsp3) is 0.538. The molecule has 116 valence electrons. The van der Waals surface area contributed by atoms with Crippen molar-refractivity contribution in [2.75, 3.05) is 18.0 Å². The van der Waals surface area contributed by atoms with E-state index >= 15 is 0 Å². The van der Waals surface area contributed by atoms with Crippen LogP contribution in [0.4, 0.5) is 24.5 Å². The van der Waals surface area contributed by atoms with Crippen molar-refractivity contribution in [2.24, 2.45) is 0 Å². The third kappa shape index (κ3) is 3.44. The Kier molecular flexibility index (Phi) is 4.08. The molecule has 1 fully saturated rings. The maximum Gasteiger partial charge on any atom is 0.416 e. The Morgan fingerprint density at radius 1 is 1.29 bits per heavy atom. The SMILES string of the molecule is C[C@@H]1CN(c2ccc(C(F)(F)F)cc2[N+](=O)[O-])C[C@H](C)O1. The van der Waals surface area contributed by atoms with E-state index in [4.69, 9.17) is 4.74 Å². The summed E-state index contributed by atoms with van der Waals surface area (Å²) in [6, 6.07) is 2.61. The minimum Gasteiger partial charge on any atom is -0.372 e. The maximum atomic E-state index is 12.7. The molecule has 0 bridgehead atoms. The van der Waals surface area contributed by atoms with Gasteiger partial charge in [-0.15, -0.1) is 0 Å². The Morgan fingerprint density at radius 2 is 1.86 bits per heavy atom. The van der Waals surface area contributed by atoms with E-state index in [9.17, 15) is 23.3 Å². The molecule has 8 heteroatoms. The van der Waals surface area contributed by atoms with E-state index in [1.165, 1.54) is 0 Å². The Morgan fingerprint density at radius 3 is 2.33 bits per heavy atom. The monoisotopic (exact) mass is 304 g/mol. The third-order valence-corrected chi connectivity index (χ3v) is 3.26. The number of hydrogen-bond donors (Lipinski definition) is 0. The van der Waals surface area contributed by atoms with Crippen LogP contribution in [-0.4, -0.2) is 30.2 Å². The smallest absolute Gasteiger partial charge is 0.372 e. The number of benzene rings is 1. The molecule has 0 amide bonds. The third-order valence-electron chi connectivity index (χ3n) is 3.26. The number of nitro groups is 1. The Labute approximate surface area is 119 Å². The van der Waals surface area contributed by atoms with E-state index in [1.54, 1.807) is 4.90 Å². The number of anilines is 1. The lowest BCUT2D eigenvalue weighted by molar-refractivity contribution is -0.384. The lowest BCUT2D eigenvalue weighted by Gasteiger charge is -2.36. The van der Waals surface area contributed by atoms with Crippen molar-refractivity contribution in [3.8, 4) is 0 Å². The second-order valence-corrected chi connectivity index (χ2v) is 5.12. The molecule has 1 aliphatic heterocycles. The van der Waals surface area contributed by atoms with E-state index in [0.717, 1.165) is 12.1 Å². The molecule has 2 rings (SSSR count). The summed E-state index contributed by atoms with van der Waals surface area (Å²) >= 11 is 0. The number of nitro benzene ring substituents is 1. The number of alkyl halides is 3. The lowest BCUT2D eigenvalue weighted by Crippen LogP contribution is -2.45. The normalized spacial score (nSPS) is 23.2. The molecule has 0 N–H and O–H groups in total. The first-order chi connectivity index (χ1) is 9.68. The molecule has 2 atom stereocenters. The average Bonchev–Trinajstić information content (AvgIpc) is 2.35. The van der Waals surface area contributed by atoms with Crippen LogP contribution in [0.1, 0.15) is 19.4 Å². The van der Waals surface area contributed by atoms with Crippen LogP contribution in [0.2, 0.25) is 0 Å². The minimum absolute atomic E-state index is 0.143. The van der Waals surface area contributed by atoms with Gasteiger partial charge in [0.1, 0.15) is 5.69 Å². The van der Waals surface area contributed by atoms with Crippen LogP contribution < -0.4 is 4.90 Å². The summed E-state index contributed by atoms with van der Waals surface area (Å²) in [6.45, 7) is 4.43. The Hall–Kier alpha value is -1.83. The van der Waals surface area contributed by atoms with Crippen LogP contribution in [0.3, 0.4) is 0 Å². The first-order valence-corrected chi connectivity index (χ1v) is 6.44. The molecule has 0 aromatic heterocycles. The number of halogens is 3. The van der Waals surface area contributed by atoms with E-state index in [1.807, 2.05) is 13.8 Å². The van der Waals surface area contributed by atoms with Crippen LogP contribution in [0.15, 0.2) is 18.2 Å². The molecule has 1 saturated heterocycles. The molecule has 0 saturated carbocycles. The highest BCUT2D eigenvalue weighted by atomic mass is 19.4. The zero-order valence-corrected chi connectivity index (χ0v) is 11.6. The molecular formula is C13H15F3N2O3. The van der Waals surface area contributed by atoms with Gasteiger partial charge in [0.15, 0.2) is 0 Å². The summed E-state index contributed by atoms with van der Waals surface area (Å²) < 4.78 is 43.5. The van der Waals surface area contributed by atoms with Crippen LogP contribution in [0.5, 0.6) is 0 Å². The van der Waals surface area contributed by atoms with Crippen LogP contribution in [-0.2, 0) is 10.9 Å². The highest BCUT2D eigenvalue weighted by Crippen LogP contribution is 2.37. The molecule has 1 heterocycles. The van der Waals surface area contributed by atoms with Gasteiger partial charge < -0.3 is 9.64 Å². The van der Waals surface area contributed by atoms with Gasteiger partial charge in [0.05, 0.1) is 22.7 Å². The highest BCUT2D eigenvalue weighted by molar-refractivity contribution is 5.65. The molecule has 1 aromatic carbocycles. The second-order valence-electron chi connectivity index (χ2n) is 5.12. The average molecular weight is 304 g/mol. The molecule has 0 spiro atoms. The van der Waals surface area contributed by atoms with Gasteiger partial charge in [-0.05, 0) is 26.0 Å². The lowest BCUT2D eigenvalue weighted by atomic mass is 10.1. The van der Waals surface area contributed by atoms with E-state index < -0.39 is 22.4 Å². The second kappa shape index (κ2) is 5.51. The number of hydrogen-bond acceptors (Lipinski definition) is 4. The summed E-state index contributed by atoms with van der Waals surface area (Å²) in [5.41, 5.74) is -1.37. The van der Waals surface area contributed by atoms with Crippen molar-refractivity contribution in [1.82, 2.24) is 0 Å².